The molecule has 1 N–H and O–H groups in total. The Kier molecular flexibility index (Phi) is 6.86. The van der Waals surface area contributed by atoms with Crippen molar-refractivity contribution in [3.63, 3.8) is 0 Å². The Morgan fingerprint density at radius 2 is 1.83 bits per heavy atom. The summed E-state index contributed by atoms with van der Waals surface area (Å²) in [5.41, 5.74) is 1.01. The SMILES string of the molecule is CC(C)(C)COC(=O)/C=C/CCC(C)(C)Cc1ccccc1O. The van der Waals surface area contributed by atoms with Gasteiger partial charge in [0.2, 0.25) is 0 Å². The maximum absolute atomic E-state index is 11.6. The van der Waals surface area contributed by atoms with E-state index in [0.717, 1.165) is 24.8 Å². The molecular weight excluding hydrogens is 288 g/mol. The van der Waals surface area contributed by atoms with Gasteiger partial charge < -0.3 is 9.84 Å². The fourth-order valence-electron chi connectivity index (χ4n) is 2.25. The number of carbonyl (C=O) groups excluding carboxylic acids is 1. The van der Waals surface area contributed by atoms with Crippen LogP contribution >= 0.6 is 0 Å². The quantitative estimate of drug-likeness (QED) is 0.575. The maximum Gasteiger partial charge on any atom is 0.330 e. The van der Waals surface area contributed by atoms with Crippen molar-refractivity contribution >= 4 is 5.97 Å². The second-order valence-corrected chi connectivity index (χ2v) is 8.08. The molecule has 0 heterocycles. The Morgan fingerprint density at radius 3 is 2.43 bits per heavy atom. The van der Waals surface area contributed by atoms with Crippen LogP contribution in [0.5, 0.6) is 5.75 Å². The molecule has 0 spiro atoms. The molecule has 1 aromatic rings. The Bertz CT molecular complexity index is 536. The van der Waals surface area contributed by atoms with Gasteiger partial charge in [0.15, 0.2) is 0 Å². The zero-order chi connectivity index (χ0) is 17.5. The van der Waals surface area contributed by atoms with Crippen molar-refractivity contribution < 1.29 is 14.6 Å². The highest BCUT2D eigenvalue weighted by molar-refractivity contribution is 5.81. The van der Waals surface area contributed by atoms with Crippen LogP contribution in [0.2, 0.25) is 0 Å². The summed E-state index contributed by atoms with van der Waals surface area (Å²) >= 11 is 0. The van der Waals surface area contributed by atoms with E-state index in [-0.39, 0.29) is 16.8 Å². The fourth-order valence-corrected chi connectivity index (χ4v) is 2.25. The summed E-state index contributed by atoms with van der Waals surface area (Å²) in [7, 11) is 0. The van der Waals surface area contributed by atoms with E-state index < -0.39 is 0 Å². The summed E-state index contributed by atoms with van der Waals surface area (Å²) in [5.74, 6) is 0.0697. The smallest absolute Gasteiger partial charge is 0.330 e. The first-order chi connectivity index (χ1) is 10.6. The van der Waals surface area contributed by atoms with Crippen LogP contribution in [-0.4, -0.2) is 17.7 Å². The molecule has 0 bridgehead atoms. The molecule has 3 nitrogen and oxygen atoms in total. The third kappa shape index (κ3) is 8.44. The van der Waals surface area contributed by atoms with Gasteiger partial charge in [-0.05, 0) is 41.7 Å². The summed E-state index contributed by atoms with van der Waals surface area (Å²) < 4.78 is 5.19. The van der Waals surface area contributed by atoms with E-state index in [1.54, 1.807) is 6.07 Å². The van der Waals surface area contributed by atoms with Crippen LogP contribution in [0.1, 0.15) is 53.0 Å². The van der Waals surface area contributed by atoms with Gasteiger partial charge in [0.25, 0.3) is 0 Å². The van der Waals surface area contributed by atoms with Gasteiger partial charge in [0.1, 0.15) is 5.75 Å². The highest BCUT2D eigenvalue weighted by atomic mass is 16.5. The van der Waals surface area contributed by atoms with Gasteiger partial charge >= 0.3 is 5.97 Å². The predicted octanol–water partition coefficient (Wildman–Crippen LogP) is 4.89. The molecule has 0 aliphatic heterocycles. The molecule has 0 radical (unpaired) electrons. The van der Waals surface area contributed by atoms with Crippen molar-refractivity contribution in [3.05, 3.63) is 42.0 Å². The summed E-state index contributed by atoms with van der Waals surface area (Å²) in [6.07, 6.45) is 5.94. The first kappa shape index (κ1) is 19.3. The number of ether oxygens (including phenoxy) is 1. The summed E-state index contributed by atoms with van der Waals surface area (Å²) in [6, 6.07) is 7.45. The van der Waals surface area contributed by atoms with Gasteiger partial charge in [-0.1, -0.05) is 58.9 Å². The molecule has 128 valence electrons. The summed E-state index contributed by atoms with van der Waals surface area (Å²) in [4.78, 5) is 11.6. The van der Waals surface area contributed by atoms with Gasteiger partial charge in [0.05, 0.1) is 6.61 Å². The zero-order valence-corrected chi connectivity index (χ0v) is 15.1. The average Bonchev–Trinajstić information content (AvgIpc) is 2.43. The van der Waals surface area contributed by atoms with Crippen LogP contribution in [0.25, 0.3) is 0 Å². The standard InChI is InChI=1S/C20H30O3/c1-19(2,3)15-23-18(22)12-8-9-13-20(4,5)14-16-10-6-7-11-17(16)21/h6-8,10-12,21H,9,13-15H2,1-5H3/b12-8+. The van der Waals surface area contributed by atoms with Crippen LogP contribution in [0.15, 0.2) is 36.4 Å². The maximum atomic E-state index is 11.6. The van der Waals surface area contributed by atoms with Gasteiger partial charge in [0, 0.05) is 6.08 Å². The molecular formula is C20H30O3. The normalized spacial score (nSPS) is 12.6. The van der Waals surface area contributed by atoms with Crippen LogP contribution in [0.3, 0.4) is 0 Å². The third-order valence-electron chi connectivity index (χ3n) is 3.55. The Balaban J connectivity index is 2.40. The van der Waals surface area contributed by atoms with Crippen molar-refractivity contribution in [2.24, 2.45) is 10.8 Å². The number of hydrogen-bond acceptors (Lipinski definition) is 3. The van der Waals surface area contributed by atoms with E-state index in [2.05, 4.69) is 13.8 Å². The minimum absolute atomic E-state index is 0.0107. The molecule has 3 heteroatoms. The number of phenols is 1. The topological polar surface area (TPSA) is 46.5 Å². The van der Waals surface area contributed by atoms with Gasteiger partial charge in [-0.3, -0.25) is 0 Å². The minimum Gasteiger partial charge on any atom is -0.508 e. The molecule has 0 saturated heterocycles. The van der Waals surface area contributed by atoms with E-state index in [4.69, 9.17) is 4.74 Å². The monoisotopic (exact) mass is 318 g/mol. The Labute approximate surface area is 140 Å². The lowest BCUT2D eigenvalue weighted by atomic mass is 9.81. The zero-order valence-electron chi connectivity index (χ0n) is 15.1. The van der Waals surface area contributed by atoms with Crippen molar-refractivity contribution in [2.75, 3.05) is 6.61 Å². The molecule has 0 amide bonds. The van der Waals surface area contributed by atoms with E-state index >= 15 is 0 Å². The second kappa shape index (κ2) is 8.19. The number of esters is 1. The second-order valence-electron chi connectivity index (χ2n) is 8.08. The molecule has 0 aliphatic rings. The minimum atomic E-state index is -0.279. The number of allylic oxidation sites excluding steroid dienone is 1. The number of phenolic OH excluding ortho intramolecular Hbond substituents is 1. The van der Waals surface area contributed by atoms with E-state index in [1.165, 1.54) is 6.08 Å². The first-order valence-corrected chi connectivity index (χ1v) is 8.19. The molecule has 0 saturated carbocycles. The lowest BCUT2D eigenvalue weighted by Gasteiger charge is -2.24. The van der Waals surface area contributed by atoms with Gasteiger partial charge in [-0.25, -0.2) is 4.79 Å². The molecule has 23 heavy (non-hydrogen) atoms. The van der Waals surface area contributed by atoms with Crippen LogP contribution < -0.4 is 0 Å². The number of carbonyl (C=O) groups is 1. The summed E-state index contributed by atoms with van der Waals surface area (Å²) in [5, 5.41) is 9.87. The number of aromatic hydroxyl groups is 1. The first-order valence-electron chi connectivity index (χ1n) is 8.19. The van der Waals surface area contributed by atoms with E-state index in [1.807, 2.05) is 45.0 Å². The van der Waals surface area contributed by atoms with E-state index in [0.29, 0.717) is 12.4 Å². The third-order valence-corrected chi connectivity index (χ3v) is 3.55. The van der Waals surface area contributed by atoms with Crippen molar-refractivity contribution in [2.45, 2.75) is 53.9 Å². The molecule has 1 aromatic carbocycles. The molecule has 0 aromatic heterocycles. The van der Waals surface area contributed by atoms with Crippen LogP contribution in [-0.2, 0) is 16.0 Å². The van der Waals surface area contributed by atoms with Crippen molar-refractivity contribution in [1.82, 2.24) is 0 Å². The fraction of sp³-hybridized carbons (Fsp3) is 0.550. The van der Waals surface area contributed by atoms with Crippen molar-refractivity contribution in [1.29, 1.82) is 0 Å². The molecule has 0 fully saturated rings. The molecule has 0 atom stereocenters. The highest BCUT2D eigenvalue weighted by Gasteiger charge is 2.19. The summed E-state index contributed by atoms with van der Waals surface area (Å²) in [6.45, 7) is 10.9. The van der Waals surface area contributed by atoms with Crippen molar-refractivity contribution in [3.8, 4) is 5.75 Å². The number of para-hydroxylation sites is 1. The lowest BCUT2D eigenvalue weighted by molar-refractivity contribution is -0.140. The predicted molar refractivity (Wildman–Crippen MR) is 94.4 cm³/mol. The largest absolute Gasteiger partial charge is 0.508 e. The van der Waals surface area contributed by atoms with Crippen LogP contribution in [0.4, 0.5) is 0 Å². The number of rotatable bonds is 7. The van der Waals surface area contributed by atoms with Crippen LogP contribution in [0, 0.1) is 10.8 Å². The van der Waals surface area contributed by atoms with Gasteiger partial charge in [-0.2, -0.15) is 0 Å². The molecule has 0 unspecified atom stereocenters. The van der Waals surface area contributed by atoms with E-state index in [9.17, 15) is 9.90 Å². The Morgan fingerprint density at radius 1 is 1.17 bits per heavy atom. The average molecular weight is 318 g/mol. The highest BCUT2D eigenvalue weighted by Crippen LogP contribution is 2.31. The number of hydrogen-bond donors (Lipinski definition) is 1. The number of benzene rings is 1. The lowest BCUT2D eigenvalue weighted by Crippen LogP contribution is -2.17. The molecule has 1 rings (SSSR count). The molecule has 0 aliphatic carbocycles. The van der Waals surface area contributed by atoms with Gasteiger partial charge in [-0.15, -0.1) is 0 Å². The Hall–Kier alpha value is -1.77.